The standard InChI is InChI=1S/C24H48N2O4/c1-11-15-25(16-12-2)19(21(27)29-23(5,6)7)20(22(28)30-24(8,9)10)26(17-13-3)18-14-4/h19-20H,11-18H2,1-10H3. The van der Waals surface area contributed by atoms with Crippen LogP contribution in [0.15, 0.2) is 0 Å². The van der Waals surface area contributed by atoms with Crippen LogP contribution in [0.5, 0.6) is 0 Å². The van der Waals surface area contributed by atoms with Crippen molar-refractivity contribution in [1.29, 1.82) is 0 Å². The Morgan fingerprint density at radius 2 is 0.833 bits per heavy atom. The highest BCUT2D eigenvalue weighted by molar-refractivity contribution is 5.87. The maximum Gasteiger partial charge on any atom is 0.326 e. The minimum atomic E-state index is -0.697. The number of rotatable bonds is 13. The van der Waals surface area contributed by atoms with Crippen LogP contribution in [0, 0.1) is 0 Å². The Morgan fingerprint density at radius 3 is 1.00 bits per heavy atom. The first-order valence-electron chi connectivity index (χ1n) is 11.7. The lowest BCUT2D eigenvalue weighted by atomic mass is 10.0. The van der Waals surface area contributed by atoms with Gasteiger partial charge in [0.1, 0.15) is 23.3 Å². The molecule has 6 nitrogen and oxygen atoms in total. The number of nitrogens with zero attached hydrogens (tertiary/aromatic N) is 2. The molecule has 6 heteroatoms. The molecule has 0 aliphatic carbocycles. The summed E-state index contributed by atoms with van der Waals surface area (Å²) in [4.78, 5) is 31.2. The van der Waals surface area contributed by atoms with E-state index in [1.54, 1.807) is 0 Å². The van der Waals surface area contributed by atoms with Crippen molar-refractivity contribution in [2.45, 2.75) is 118 Å². The van der Waals surface area contributed by atoms with E-state index in [1.165, 1.54) is 0 Å². The molecule has 2 unspecified atom stereocenters. The fraction of sp³-hybridized carbons (Fsp3) is 0.917. The number of hydrogen-bond acceptors (Lipinski definition) is 6. The van der Waals surface area contributed by atoms with Crippen LogP contribution in [0.3, 0.4) is 0 Å². The highest BCUT2D eigenvalue weighted by atomic mass is 16.6. The van der Waals surface area contributed by atoms with E-state index in [2.05, 4.69) is 37.5 Å². The molecule has 30 heavy (non-hydrogen) atoms. The average molecular weight is 429 g/mol. The van der Waals surface area contributed by atoms with Crippen molar-refractivity contribution < 1.29 is 19.1 Å². The molecule has 0 fully saturated rings. The summed E-state index contributed by atoms with van der Waals surface area (Å²) in [5.41, 5.74) is -1.25. The minimum absolute atomic E-state index is 0.350. The maximum absolute atomic E-state index is 13.5. The van der Waals surface area contributed by atoms with Crippen LogP contribution in [0.4, 0.5) is 0 Å². The van der Waals surface area contributed by atoms with E-state index >= 15 is 0 Å². The lowest BCUT2D eigenvalue weighted by Gasteiger charge is -2.41. The molecular formula is C24H48N2O4. The first-order chi connectivity index (χ1) is 13.8. The zero-order valence-electron chi connectivity index (χ0n) is 21.3. The quantitative estimate of drug-likeness (QED) is 0.398. The third-order valence-electron chi connectivity index (χ3n) is 4.43. The molecule has 0 aliphatic heterocycles. The molecule has 0 aromatic heterocycles. The van der Waals surface area contributed by atoms with Crippen LogP contribution < -0.4 is 0 Å². The van der Waals surface area contributed by atoms with Crippen LogP contribution in [0.1, 0.15) is 94.9 Å². The Hall–Kier alpha value is -1.14. The first kappa shape index (κ1) is 28.9. The van der Waals surface area contributed by atoms with Gasteiger partial charge >= 0.3 is 11.9 Å². The highest BCUT2D eigenvalue weighted by Crippen LogP contribution is 2.22. The molecule has 0 aromatic rings. The van der Waals surface area contributed by atoms with E-state index in [0.29, 0.717) is 0 Å². The van der Waals surface area contributed by atoms with Gasteiger partial charge in [0.2, 0.25) is 0 Å². The van der Waals surface area contributed by atoms with Gasteiger partial charge in [0.25, 0.3) is 0 Å². The van der Waals surface area contributed by atoms with Crippen LogP contribution in [0.25, 0.3) is 0 Å². The van der Waals surface area contributed by atoms with Crippen molar-refractivity contribution in [2.75, 3.05) is 26.2 Å². The van der Waals surface area contributed by atoms with E-state index in [0.717, 1.165) is 51.9 Å². The molecule has 0 aliphatic rings. The predicted octanol–water partition coefficient (Wildman–Crippen LogP) is 4.65. The van der Waals surface area contributed by atoms with Gasteiger partial charge in [0, 0.05) is 0 Å². The van der Waals surface area contributed by atoms with Crippen LogP contribution >= 0.6 is 0 Å². The second-order valence-electron chi connectivity index (χ2n) is 10.0. The van der Waals surface area contributed by atoms with E-state index < -0.39 is 23.3 Å². The summed E-state index contributed by atoms with van der Waals surface area (Å²) in [6.07, 6.45) is 3.56. The number of carbonyl (C=O) groups excluding carboxylic acids is 2. The predicted molar refractivity (Wildman–Crippen MR) is 124 cm³/mol. The minimum Gasteiger partial charge on any atom is -0.459 e. The molecule has 0 N–H and O–H groups in total. The summed E-state index contributed by atoms with van der Waals surface area (Å²) in [6, 6.07) is -1.39. The summed E-state index contributed by atoms with van der Waals surface area (Å²) in [5, 5.41) is 0. The molecule has 178 valence electrons. The molecule has 0 spiro atoms. The van der Waals surface area contributed by atoms with Gasteiger partial charge < -0.3 is 9.47 Å². The van der Waals surface area contributed by atoms with E-state index in [9.17, 15) is 9.59 Å². The van der Waals surface area contributed by atoms with Crippen LogP contribution in [0.2, 0.25) is 0 Å². The van der Waals surface area contributed by atoms with Crippen LogP contribution in [-0.2, 0) is 19.1 Å². The Bertz CT molecular complexity index is 450. The average Bonchev–Trinajstić information content (AvgIpc) is 2.56. The van der Waals surface area contributed by atoms with Gasteiger partial charge in [-0.15, -0.1) is 0 Å². The number of hydrogen-bond donors (Lipinski definition) is 0. The topological polar surface area (TPSA) is 59.1 Å². The molecule has 0 bridgehead atoms. The summed E-state index contributed by atoms with van der Waals surface area (Å²) in [7, 11) is 0. The SMILES string of the molecule is CCCN(CCC)C(C(=O)OC(C)(C)C)C(C(=O)OC(C)(C)C)N(CCC)CCC. The Balaban J connectivity index is 6.41. The van der Waals surface area contributed by atoms with Gasteiger partial charge in [-0.1, -0.05) is 27.7 Å². The van der Waals surface area contributed by atoms with Gasteiger partial charge in [-0.05, 0) is 93.4 Å². The van der Waals surface area contributed by atoms with Gasteiger partial charge in [-0.2, -0.15) is 0 Å². The third kappa shape index (κ3) is 10.8. The molecule has 2 atom stereocenters. The molecule has 0 aromatic carbocycles. The van der Waals surface area contributed by atoms with Gasteiger partial charge in [-0.25, -0.2) is 0 Å². The number of ether oxygens (including phenoxy) is 2. The van der Waals surface area contributed by atoms with E-state index in [1.807, 2.05) is 41.5 Å². The van der Waals surface area contributed by atoms with Crippen molar-refractivity contribution in [3.8, 4) is 0 Å². The van der Waals surface area contributed by atoms with Crippen molar-refractivity contribution in [3.63, 3.8) is 0 Å². The van der Waals surface area contributed by atoms with Crippen molar-refractivity contribution in [2.24, 2.45) is 0 Å². The second-order valence-corrected chi connectivity index (χ2v) is 10.0. The Kier molecular flexibility index (Phi) is 12.8. The Labute approximate surface area is 185 Å². The molecule has 0 rings (SSSR count). The third-order valence-corrected chi connectivity index (χ3v) is 4.43. The number of carbonyl (C=O) groups is 2. The fourth-order valence-electron chi connectivity index (χ4n) is 3.61. The van der Waals surface area contributed by atoms with Crippen molar-refractivity contribution in [3.05, 3.63) is 0 Å². The summed E-state index contributed by atoms with van der Waals surface area (Å²) in [6.45, 7) is 22.5. The second kappa shape index (κ2) is 13.3. The zero-order chi connectivity index (χ0) is 23.5. The van der Waals surface area contributed by atoms with E-state index in [-0.39, 0.29) is 11.9 Å². The first-order valence-corrected chi connectivity index (χ1v) is 11.7. The lowest BCUT2D eigenvalue weighted by molar-refractivity contribution is -0.176. The Morgan fingerprint density at radius 1 is 0.600 bits per heavy atom. The summed E-state index contributed by atoms with van der Waals surface area (Å²) in [5.74, 6) is -0.699. The summed E-state index contributed by atoms with van der Waals surface area (Å²) >= 11 is 0. The molecule has 0 radical (unpaired) electrons. The van der Waals surface area contributed by atoms with Gasteiger partial charge in [0.15, 0.2) is 0 Å². The van der Waals surface area contributed by atoms with Crippen molar-refractivity contribution >= 4 is 11.9 Å². The summed E-state index contributed by atoms with van der Waals surface area (Å²) < 4.78 is 11.7. The van der Waals surface area contributed by atoms with E-state index in [4.69, 9.17) is 9.47 Å². The molecule has 0 saturated carbocycles. The van der Waals surface area contributed by atoms with Gasteiger partial charge in [0.05, 0.1) is 0 Å². The highest BCUT2D eigenvalue weighted by Gasteiger charge is 2.45. The zero-order valence-corrected chi connectivity index (χ0v) is 21.3. The maximum atomic E-state index is 13.5. The monoisotopic (exact) mass is 428 g/mol. The normalized spacial score (nSPS) is 14.7. The molecule has 0 heterocycles. The molecule has 0 saturated heterocycles. The van der Waals surface area contributed by atoms with Crippen molar-refractivity contribution in [1.82, 2.24) is 9.80 Å². The smallest absolute Gasteiger partial charge is 0.326 e. The molecule has 0 amide bonds. The molecular weight excluding hydrogens is 380 g/mol. The van der Waals surface area contributed by atoms with Gasteiger partial charge in [-0.3, -0.25) is 19.4 Å². The number of esters is 2. The van der Waals surface area contributed by atoms with Crippen LogP contribution in [-0.4, -0.2) is 71.2 Å². The lowest BCUT2D eigenvalue weighted by Crippen LogP contribution is -2.61. The largest absolute Gasteiger partial charge is 0.459 e. The fourth-order valence-corrected chi connectivity index (χ4v) is 3.61.